The molecule has 0 bridgehead atoms. The van der Waals surface area contributed by atoms with Crippen LogP contribution in [0.4, 0.5) is 19.0 Å². The number of aromatic nitrogens is 2. The van der Waals surface area contributed by atoms with Gasteiger partial charge in [-0.25, -0.2) is 0 Å². The number of benzene rings is 1. The normalized spacial score (nSPS) is 19.2. The number of anilines is 1. The molecule has 2 aromatic rings. The highest BCUT2D eigenvalue weighted by molar-refractivity contribution is 5.71. The predicted molar refractivity (Wildman–Crippen MR) is 104 cm³/mol. The number of phenolic OH excluding ortho intramolecular Hbond substituents is 1. The fourth-order valence-electron chi connectivity index (χ4n) is 3.73. The fourth-order valence-corrected chi connectivity index (χ4v) is 3.73. The number of aliphatic hydroxyl groups excluding tert-OH is 1. The average Bonchev–Trinajstić information content (AvgIpc) is 2.61. The molecular weight excluding hydrogens is 385 g/mol. The quantitative estimate of drug-likeness (QED) is 0.701. The molecule has 0 saturated carbocycles. The van der Waals surface area contributed by atoms with Crippen molar-refractivity contribution in [3.05, 3.63) is 35.4 Å². The van der Waals surface area contributed by atoms with Crippen LogP contribution in [0.2, 0.25) is 0 Å². The minimum Gasteiger partial charge on any atom is -0.507 e. The van der Waals surface area contributed by atoms with Gasteiger partial charge in [-0.15, -0.1) is 10.2 Å². The molecule has 9 heteroatoms. The van der Waals surface area contributed by atoms with Crippen LogP contribution in [0, 0.1) is 6.92 Å². The van der Waals surface area contributed by atoms with Crippen molar-refractivity contribution >= 4 is 5.82 Å². The van der Waals surface area contributed by atoms with Gasteiger partial charge in [-0.1, -0.05) is 0 Å². The van der Waals surface area contributed by atoms with Crippen molar-refractivity contribution in [2.24, 2.45) is 0 Å². The van der Waals surface area contributed by atoms with Crippen LogP contribution < -0.4 is 5.32 Å². The summed E-state index contributed by atoms with van der Waals surface area (Å²) in [4.78, 5) is 2.19. The first-order chi connectivity index (χ1) is 13.6. The first-order valence-electron chi connectivity index (χ1n) is 9.55. The highest BCUT2D eigenvalue weighted by Crippen LogP contribution is 2.38. The van der Waals surface area contributed by atoms with Crippen LogP contribution in [0.5, 0.6) is 5.75 Å². The van der Waals surface area contributed by atoms with Crippen molar-refractivity contribution in [1.82, 2.24) is 15.1 Å². The number of hydrogen-bond acceptors (Lipinski definition) is 6. The molecule has 1 fully saturated rings. The van der Waals surface area contributed by atoms with Gasteiger partial charge in [-0.2, -0.15) is 13.2 Å². The van der Waals surface area contributed by atoms with Gasteiger partial charge in [0.1, 0.15) is 11.6 Å². The maximum absolute atomic E-state index is 12.9. The molecule has 2 heterocycles. The van der Waals surface area contributed by atoms with Gasteiger partial charge in [0.15, 0.2) is 0 Å². The number of alkyl halides is 3. The lowest BCUT2D eigenvalue weighted by molar-refractivity contribution is -0.137. The monoisotopic (exact) mass is 410 g/mol. The summed E-state index contributed by atoms with van der Waals surface area (Å²) in [5.41, 5.74) is -0.0913. The van der Waals surface area contributed by atoms with E-state index >= 15 is 0 Å². The van der Waals surface area contributed by atoms with Gasteiger partial charge >= 0.3 is 6.18 Å². The predicted octanol–water partition coefficient (Wildman–Crippen LogP) is 3.43. The van der Waals surface area contributed by atoms with E-state index in [2.05, 4.69) is 20.4 Å². The third-order valence-corrected chi connectivity index (χ3v) is 4.94. The number of phenols is 1. The lowest BCUT2D eigenvalue weighted by Crippen LogP contribution is -2.44. The number of nitrogens with one attached hydrogen (secondary N) is 1. The Morgan fingerprint density at radius 2 is 2.03 bits per heavy atom. The highest BCUT2D eigenvalue weighted by Gasteiger charge is 2.32. The van der Waals surface area contributed by atoms with E-state index in [1.54, 1.807) is 19.1 Å². The van der Waals surface area contributed by atoms with Crippen LogP contribution in [-0.4, -0.2) is 57.1 Å². The Morgan fingerprint density at radius 3 is 2.62 bits per heavy atom. The molecule has 6 nitrogen and oxygen atoms in total. The first kappa shape index (κ1) is 21.3. The van der Waals surface area contributed by atoms with E-state index in [9.17, 15) is 23.4 Å². The second-order valence-electron chi connectivity index (χ2n) is 7.58. The number of aromatic hydroxyl groups is 1. The Kier molecular flexibility index (Phi) is 6.28. The largest absolute Gasteiger partial charge is 0.507 e. The summed E-state index contributed by atoms with van der Waals surface area (Å²) < 4.78 is 38.7. The van der Waals surface area contributed by atoms with Gasteiger partial charge in [0.25, 0.3) is 0 Å². The molecule has 0 amide bonds. The third kappa shape index (κ3) is 5.36. The lowest BCUT2D eigenvalue weighted by atomic mass is 10.0. The van der Waals surface area contributed by atoms with Crippen LogP contribution in [0.1, 0.15) is 30.9 Å². The molecule has 0 unspecified atom stereocenters. The second kappa shape index (κ2) is 8.54. The van der Waals surface area contributed by atoms with Crippen molar-refractivity contribution in [1.29, 1.82) is 0 Å². The Morgan fingerprint density at radius 1 is 1.28 bits per heavy atom. The molecule has 0 aliphatic carbocycles. The van der Waals surface area contributed by atoms with Crippen LogP contribution in [0.3, 0.4) is 0 Å². The number of hydrogen-bond donors (Lipinski definition) is 3. The zero-order chi connectivity index (χ0) is 21.2. The summed E-state index contributed by atoms with van der Waals surface area (Å²) in [5.74, 6) is 0.0788. The maximum atomic E-state index is 12.9. The number of β-amino-alcohol motifs (C(OH)–C–C–N with tert-alkyl or cyclic N) is 1. The average molecular weight is 410 g/mol. The van der Waals surface area contributed by atoms with E-state index in [0.717, 1.165) is 32.0 Å². The van der Waals surface area contributed by atoms with Crippen LogP contribution in [0.15, 0.2) is 24.3 Å². The van der Waals surface area contributed by atoms with Crippen LogP contribution in [0.25, 0.3) is 11.3 Å². The number of aryl methyl sites for hydroxylation is 1. The Hall–Kier alpha value is -2.39. The Labute approximate surface area is 167 Å². The van der Waals surface area contributed by atoms with Gasteiger partial charge in [0.05, 0.1) is 17.4 Å². The summed E-state index contributed by atoms with van der Waals surface area (Å²) in [6.45, 7) is 5.61. The van der Waals surface area contributed by atoms with E-state index in [-0.39, 0.29) is 23.3 Å². The molecule has 1 saturated heterocycles. The van der Waals surface area contributed by atoms with Gasteiger partial charge < -0.3 is 15.5 Å². The van der Waals surface area contributed by atoms with Crippen molar-refractivity contribution in [3.63, 3.8) is 0 Å². The SMILES string of the molecule is Cc1cc(C(F)(F)F)cc(O)c1-c1ccc(N[C@@H]2CCCN(C[C@H](C)O)C2)nn1. The molecule has 0 spiro atoms. The van der Waals surface area contributed by atoms with Crippen molar-refractivity contribution < 1.29 is 23.4 Å². The van der Waals surface area contributed by atoms with Crippen molar-refractivity contribution in [3.8, 4) is 17.0 Å². The number of piperidine rings is 1. The zero-order valence-corrected chi connectivity index (χ0v) is 16.4. The summed E-state index contributed by atoms with van der Waals surface area (Å²) in [5, 5.41) is 31.2. The van der Waals surface area contributed by atoms with Crippen LogP contribution >= 0.6 is 0 Å². The van der Waals surface area contributed by atoms with Crippen molar-refractivity contribution in [2.45, 2.75) is 45.0 Å². The standard InChI is InChI=1S/C20H25F3N4O2/c1-12-8-14(20(21,22)23)9-17(29)19(12)16-5-6-18(26-25-16)24-15-4-3-7-27(11-15)10-13(2)28/h5-6,8-9,13,15,28-29H,3-4,7,10-11H2,1-2H3,(H,24,26)/t13-,15+/m0/s1. The molecule has 1 aromatic carbocycles. The summed E-state index contributed by atoms with van der Waals surface area (Å²) in [6, 6.07) is 5.19. The smallest absolute Gasteiger partial charge is 0.416 e. The third-order valence-electron chi connectivity index (χ3n) is 4.94. The number of halogens is 3. The number of nitrogens with zero attached hydrogens (tertiary/aromatic N) is 3. The van der Waals surface area contributed by atoms with Gasteiger partial charge in [0.2, 0.25) is 0 Å². The molecule has 1 aliphatic rings. The van der Waals surface area contributed by atoms with Gasteiger partial charge in [-0.3, -0.25) is 4.90 Å². The summed E-state index contributed by atoms with van der Waals surface area (Å²) in [7, 11) is 0. The van der Waals surface area contributed by atoms with E-state index < -0.39 is 17.5 Å². The van der Waals surface area contributed by atoms with E-state index in [1.807, 2.05) is 0 Å². The summed E-state index contributed by atoms with van der Waals surface area (Å²) in [6.07, 6.45) is -2.93. The van der Waals surface area contributed by atoms with Gasteiger partial charge in [0, 0.05) is 24.7 Å². The molecular formula is C20H25F3N4O2. The summed E-state index contributed by atoms with van der Waals surface area (Å²) >= 11 is 0. The lowest BCUT2D eigenvalue weighted by Gasteiger charge is -2.33. The topological polar surface area (TPSA) is 81.5 Å². The fraction of sp³-hybridized carbons (Fsp3) is 0.500. The number of rotatable bonds is 5. The van der Waals surface area contributed by atoms with Gasteiger partial charge in [-0.05, 0) is 63.1 Å². The second-order valence-corrected chi connectivity index (χ2v) is 7.58. The first-order valence-corrected chi connectivity index (χ1v) is 9.55. The minimum absolute atomic E-state index is 0.170. The Balaban J connectivity index is 1.72. The number of aliphatic hydroxyl groups is 1. The molecule has 2 atom stereocenters. The number of likely N-dealkylation sites (tertiary alicyclic amines) is 1. The molecule has 3 N–H and O–H groups in total. The maximum Gasteiger partial charge on any atom is 0.416 e. The molecule has 1 aliphatic heterocycles. The highest BCUT2D eigenvalue weighted by atomic mass is 19.4. The molecule has 29 heavy (non-hydrogen) atoms. The Bertz CT molecular complexity index is 818. The van der Waals surface area contributed by atoms with E-state index in [4.69, 9.17) is 0 Å². The van der Waals surface area contributed by atoms with E-state index in [0.29, 0.717) is 24.1 Å². The minimum atomic E-state index is -4.53. The molecule has 0 radical (unpaired) electrons. The molecule has 3 rings (SSSR count). The van der Waals surface area contributed by atoms with E-state index in [1.165, 1.54) is 6.92 Å². The molecule has 158 valence electrons. The zero-order valence-electron chi connectivity index (χ0n) is 16.4. The molecule has 1 aromatic heterocycles. The van der Waals surface area contributed by atoms with Crippen LogP contribution in [-0.2, 0) is 6.18 Å². The van der Waals surface area contributed by atoms with Crippen molar-refractivity contribution in [2.75, 3.05) is 25.0 Å².